The highest BCUT2D eigenvalue weighted by Gasteiger charge is 2.70. The summed E-state index contributed by atoms with van der Waals surface area (Å²) in [6.45, 7) is 2.34. The molecule has 34 heavy (non-hydrogen) atoms. The fourth-order valence-electron chi connectivity index (χ4n) is 8.42. The molecule has 2 N–H and O–H groups in total. The van der Waals surface area contributed by atoms with E-state index in [1.54, 1.807) is 10.6 Å². The SMILES string of the molecule is Cc1cc(-c2cn3c(C(=O)NCC45CC6CC7CC(C4)C7(C6)C5)cccc3n2)n(CC(=O)O)n1. The molecule has 176 valence electrons. The molecule has 4 aliphatic carbocycles. The molecule has 4 saturated carbocycles. The Balaban J connectivity index is 1.15. The second-order valence-corrected chi connectivity index (χ2v) is 11.4. The molecule has 1 amide bonds. The van der Waals surface area contributed by atoms with Crippen molar-refractivity contribution in [2.24, 2.45) is 28.6 Å². The zero-order valence-electron chi connectivity index (χ0n) is 19.3. The van der Waals surface area contributed by atoms with Crippen molar-refractivity contribution in [3.63, 3.8) is 0 Å². The number of hydrogen-bond donors (Lipinski definition) is 2. The van der Waals surface area contributed by atoms with E-state index in [9.17, 15) is 14.7 Å². The summed E-state index contributed by atoms with van der Waals surface area (Å²) in [7, 11) is 0. The average molecular weight is 460 g/mol. The van der Waals surface area contributed by atoms with Crippen molar-refractivity contribution in [2.75, 3.05) is 6.54 Å². The van der Waals surface area contributed by atoms with Crippen molar-refractivity contribution < 1.29 is 14.7 Å². The number of nitrogens with one attached hydrogen (secondary N) is 1. The number of carbonyl (C=O) groups excluding carboxylic acids is 1. The molecule has 8 heteroatoms. The van der Waals surface area contributed by atoms with Gasteiger partial charge in [-0.15, -0.1) is 0 Å². The van der Waals surface area contributed by atoms with Gasteiger partial charge in [-0.2, -0.15) is 5.10 Å². The topological polar surface area (TPSA) is 102 Å². The number of nitrogens with zero attached hydrogens (tertiary/aromatic N) is 4. The fourth-order valence-corrected chi connectivity index (χ4v) is 8.42. The number of amides is 1. The number of pyridine rings is 1. The van der Waals surface area contributed by atoms with E-state index in [0.29, 0.717) is 28.1 Å². The van der Waals surface area contributed by atoms with E-state index < -0.39 is 5.97 Å². The Morgan fingerprint density at radius 3 is 2.94 bits per heavy atom. The van der Waals surface area contributed by atoms with Gasteiger partial charge in [-0.25, -0.2) is 4.98 Å². The zero-order valence-corrected chi connectivity index (χ0v) is 19.3. The van der Waals surface area contributed by atoms with Gasteiger partial charge in [0.2, 0.25) is 0 Å². The molecule has 0 saturated heterocycles. The Bertz CT molecular complexity index is 1350. The third-order valence-electron chi connectivity index (χ3n) is 9.39. The van der Waals surface area contributed by atoms with Gasteiger partial charge < -0.3 is 10.4 Å². The summed E-state index contributed by atoms with van der Waals surface area (Å²) in [5, 5.41) is 16.8. The summed E-state index contributed by atoms with van der Waals surface area (Å²) in [6, 6.07) is 7.35. The standard InChI is InChI=1S/C26H29N5O3/c1-15-5-21(31(29-15)12-23(32)33)19-11-30-20(3-2-4-22(30)28-19)24(34)27-14-25-8-16-6-17-7-18(10-25)26(17,9-16)13-25/h2-5,11,16-18H,6-10,12-14H2,1H3,(H,27,34)(H,32,33). The first-order valence-corrected chi connectivity index (χ1v) is 12.4. The molecule has 4 fully saturated rings. The van der Waals surface area contributed by atoms with Crippen LogP contribution in [-0.4, -0.2) is 42.7 Å². The van der Waals surface area contributed by atoms with E-state index in [4.69, 9.17) is 0 Å². The van der Waals surface area contributed by atoms with Crippen LogP contribution in [0.3, 0.4) is 0 Å². The van der Waals surface area contributed by atoms with Crippen molar-refractivity contribution in [1.29, 1.82) is 0 Å². The van der Waals surface area contributed by atoms with Gasteiger partial charge in [0.1, 0.15) is 23.6 Å². The van der Waals surface area contributed by atoms with Crippen LogP contribution in [0.2, 0.25) is 0 Å². The number of aryl methyl sites for hydroxylation is 1. The number of hydrogen-bond acceptors (Lipinski definition) is 4. The predicted molar refractivity (Wildman–Crippen MR) is 124 cm³/mol. The summed E-state index contributed by atoms with van der Waals surface area (Å²) in [4.78, 5) is 29.3. The maximum Gasteiger partial charge on any atom is 0.325 e. The van der Waals surface area contributed by atoms with Gasteiger partial charge in [-0.05, 0) is 92.2 Å². The fraction of sp³-hybridized carbons (Fsp3) is 0.538. The number of aromatic nitrogens is 4. The number of carboxylic acid groups (broad SMARTS) is 1. The van der Waals surface area contributed by atoms with Crippen LogP contribution in [0.5, 0.6) is 0 Å². The van der Waals surface area contributed by atoms with E-state index in [1.165, 1.54) is 43.2 Å². The van der Waals surface area contributed by atoms with Gasteiger partial charge >= 0.3 is 5.97 Å². The zero-order chi connectivity index (χ0) is 23.2. The number of rotatable bonds is 6. The number of fused-ring (bicyclic) bond motifs is 3. The molecule has 5 unspecified atom stereocenters. The highest BCUT2D eigenvalue weighted by Crippen LogP contribution is 2.78. The lowest BCUT2D eigenvalue weighted by Gasteiger charge is -2.49. The van der Waals surface area contributed by atoms with Crippen LogP contribution in [0, 0.1) is 35.5 Å². The van der Waals surface area contributed by atoms with Gasteiger partial charge in [0, 0.05) is 12.7 Å². The van der Waals surface area contributed by atoms with Gasteiger partial charge in [0.15, 0.2) is 0 Å². The summed E-state index contributed by atoms with van der Waals surface area (Å²) in [6.07, 6.45) is 9.94. The van der Waals surface area contributed by atoms with Crippen LogP contribution in [0.1, 0.15) is 54.7 Å². The number of aliphatic carboxylic acids is 1. The second kappa shape index (κ2) is 6.71. The normalized spacial score (nSPS) is 32.7. The van der Waals surface area contributed by atoms with Crippen molar-refractivity contribution in [3.05, 3.63) is 41.9 Å². The molecule has 0 aliphatic heterocycles. The lowest BCUT2D eigenvalue weighted by Crippen LogP contribution is -2.43. The van der Waals surface area contributed by atoms with E-state index in [0.717, 1.165) is 30.0 Å². The molecule has 0 aromatic carbocycles. The number of carboxylic acids is 1. The maximum absolute atomic E-state index is 13.3. The molecular formula is C26H29N5O3. The third kappa shape index (κ3) is 2.77. The largest absolute Gasteiger partial charge is 0.480 e. The van der Waals surface area contributed by atoms with Crippen molar-refractivity contribution in [1.82, 2.24) is 24.5 Å². The van der Waals surface area contributed by atoms with Gasteiger partial charge in [-0.1, -0.05) is 6.07 Å². The average Bonchev–Trinajstić information content (AvgIpc) is 3.46. The second-order valence-electron chi connectivity index (χ2n) is 11.4. The minimum Gasteiger partial charge on any atom is -0.480 e. The van der Waals surface area contributed by atoms with Crippen LogP contribution in [0.15, 0.2) is 30.5 Å². The van der Waals surface area contributed by atoms with E-state index in [1.807, 2.05) is 31.2 Å². The van der Waals surface area contributed by atoms with Gasteiger partial charge in [0.25, 0.3) is 5.91 Å². The van der Waals surface area contributed by atoms with Crippen LogP contribution >= 0.6 is 0 Å². The van der Waals surface area contributed by atoms with Crippen LogP contribution < -0.4 is 5.32 Å². The van der Waals surface area contributed by atoms with Crippen molar-refractivity contribution in [3.8, 4) is 11.4 Å². The molecule has 3 bridgehead atoms. The first-order chi connectivity index (χ1) is 16.3. The first kappa shape index (κ1) is 20.2. The summed E-state index contributed by atoms with van der Waals surface area (Å²) < 4.78 is 3.24. The van der Waals surface area contributed by atoms with E-state index in [2.05, 4.69) is 15.4 Å². The maximum atomic E-state index is 13.3. The Labute approximate surface area is 197 Å². The van der Waals surface area contributed by atoms with E-state index >= 15 is 0 Å². The lowest BCUT2D eigenvalue weighted by molar-refractivity contribution is -0.137. The van der Waals surface area contributed by atoms with E-state index in [-0.39, 0.29) is 17.9 Å². The molecule has 7 rings (SSSR count). The van der Waals surface area contributed by atoms with Gasteiger partial charge in [-0.3, -0.25) is 18.7 Å². The quantitative estimate of drug-likeness (QED) is 0.587. The van der Waals surface area contributed by atoms with Crippen LogP contribution in [0.25, 0.3) is 17.0 Å². The summed E-state index contributed by atoms with van der Waals surface area (Å²) >= 11 is 0. The number of imidazole rings is 1. The predicted octanol–water partition coefficient (Wildman–Crippen LogP) is 3.54. The summed E-state index contributed by atoms with van der Waals surface area (Å²) in [5.74, 6) is 1.67. The summed E-state index contributed by atoms with van der Waals surface area (Å²) in [5.41, 5.74) is 4.04. The molecular weight excluding hydrogens is 430 g/mol. The van der Waals surface area contributed by atoms with Crippen molar-refractivity contribution in [2.45, 2.75) is 52.0 Å². The van der Waals surface area contributed by atoms with Crippen molar-refractivity contribution >= 4 is 17.5 Å². The Kier molecular flexibility index (Phi) is 3.99. The third-order valence-corrected chi connectivity index (χ3v) is 9.39. The molecule has 1 spiro atoms. The Morgan fingerprint density at radius 1 is 1.21 bits per heavy atom. The molecule has 0 radical (unpaired) electrons. The monoisotopic (exact) mass is 459 g/mol. The molecule has 3 heterocycles. The molecule has 8 nitrogen and oxygen atoms in total. The minimum atomic E-state index is -0.963. The number of carbonyl (C=O) groups is 2. The van der Waals surface area contributed by atoms with Crippen LogP contribution in [-0.2, 0) is 11.3 Å². The molecule has 4 aliphatic rings. The van der Waals surface area contributed by atoms with Crippen LogP contribution in [0.4, 0.5) is 0 Å². The lowest BCUT2D eigenvalue weighted by atomic mass is 9.55. The van der Waals surface area contributed by atoms with Gasteiger partial charge in [0.05, 0.1) is 11.4 Å². The smallest absolute Gasteiger partial charge is 0.325 e. The molecule has 3 aromatic rings. The molecule has 3 aromatic heterocycles. The highest BCUT2D eigenvalue weighted by molar-refractivity contribution is 5.93. The first-order valence-electron chi connectivity index (χ1n) is 12.4. The Morgan fingerprint density at radius 2 is 2.09 bits per heavy atom. The minimum absolute atomic E-state index is 0.0784. The molecule has 5 atom stereocenters. The Hall–Kier alpha value is -3.16. The highest BCUT2D eigenvalue weighted by atomic mass is 16.4.